The van der Waals surface area contributed by atoms with E-state index in [9.17, 15) is 0 Å². The van der Waals surface area contributed by atoms with Gasteiger partial charge in [0.05, 0.1) is 0 Å². The monoisotopic (exact) mass is 402 g/mol. The molecule has 2 aliphatic rings. The van der Waals surface area contributed by atoms with E-state index in [-0.39, 0.29) is 0 Å². The quantitative estimate of drug-likeness (QED) is 0.612. The number of likely N-dealkylation sites (tertiary alicyclic amines) is 2. The predicted octanol–water partition coefficient (Wildman–Crippen LogP) is 3.03. The fourth-order valence-electron chi connectivity index (χ4n) is 3.97. The van der Waals surface area contributed by atoms with Crippen LogP contribution < -0.4 is 5.32 Å². The Balaban J connectivity index is 1.41. The van der Waals surface area contributed by atoms with Crippen molar-refractivity contribution >= 4 is 17.6 Å². The van der Waals surface area contributed by atoms with E-state index in [1.54, 1.807) is 0 Å². The van der Waals surface area contributed by atoms with Crippen molar-refractivity contribution in [2.24, 2.45) is 4.99 Å². The molecular formula is C20H27ClN6O. The fourth-order valence-corrected chi connectivity index (χ4v) is 4.16. The molecule has 1 aromatic heterocycles. The van der Waals surface area contributed by atoms with Crippen LogP contribution in [-0.2, 0) is 6.54 Å². The maximum absolute atomic E-state index is 6.05. The number of halogens is 1. The van der Waals surface area contributed by atoms with Crippen LogP contribution in [0.2, 0.25) is 5.02 Å². The van der Waals surface area contributed by atoms with Gasteiger partial charge in [-0.1, -0.05) is 28.9 Å². The van der Waals surface area contributed by atoms with Gasteiger partial charge < -0.3 is 14.7 Å². The average molecular weight is 403 g/mol. The highest BCUT2D eigenvalue weighted by atomic mass is 35.5. The second-order valence-electron chi connectivity index (χ2n) is 7.32. The van der Waals surface area contributed by atoms with Gasteiger partial charge in [0.25, 0.3) is 0 Å². The number of benzene rings is 1. The smallest absolute Gasteiger partial charge is 0.248 e. The van der Waals surface area contributed by atoms with Crippen LogP contribution in [0.1, 0.15) is 32.1 Å². The average Bonchev–Trinajstić information content (AvgIpc) is 3.46. The second-order valence-corrected chi connectivity index (χ2v) is 7.76. The molecule has 1 atom stereocenters. The van der Waals surface area contributed by atoms with Gasteiger partial charge in [-0.25, -0.2) is 4.99 Å². The van der Waals surface area contributed by atoms with Crippen molar-refractivity contribution in [1.29, 1.82) is 0 Å². The Morgan fingerprint density at radius 2 is 2.18 bits per heavy atom. The molecule has 1 unspecified atom stereocenters. The third kappa shape index (κ3) is 4.47. The predicted molar refractivity (Wildman–Crippen MR) is 110 cm³/mol. The van der Waals surface area contributed by atoms with E-state index in [1.807, 2.05) is 24.3 Å². The Bertz CT molecular complexity index is 817. The van der Waals surface area contributed by atoms with Crippen LogP contribution in [-0.4, -0.2) is 64.7 Å². The van der Waals surface area contributed by atoms with Gasteiger partial charge in [0.15, 0.2) is 5.96 Å². The summed E-state index contributed by atoms with van der Waals surface area (Å²) in [4.78, 5) is 14.2. The summed E-state index contributed by atoms with van der Waals surface area (Å²) in [5.41, 5.74) is 0.839. The first-order chi connectivity index (χ1) is 13.7. The third-order valence-electron chi connectivity index (χ3n) is 5.37. The number of aliphatic imine (C=N–C) groups is 1. The number of aromatic nitrogens is 2. The van der Waals surface area contributed by atoms with Gasteiger partial charge in [-0.05, 0) is 51.4 Å². The van der Waals surface area contributed by atoms with Gasteiger partial charge >= 0.3 is 0 Å². The molecule has 0 bridgehead atoms. The summed E-state index contributed by atoms with van der Waals surface area (Å²) in [6.07, 6.45) is 3.86. The van der Waals surface area contributed by atoms with Gasteiger partial charge in [0, 0.05) is 36.3 Å². The van der Waals surface area contributed by atoms with Crippen LogP contribution in [0.15, 0.2) is 33.8 Å². The molecule has 0 amide bonds. The minimum Gasteiger partial charge on any atom is -0.357 e. The summed E-state index contributed by atoms with van der Waals surface area (Å²) in [7, 11) is 0. The fraction of sp³-hybridized carbons (Fsp3) is 0.550. The molecule has 0 spiro atoms. The third-order valence-corrected chi connectivity index (χ3v) is 5.60. The van der Waals surface area contributed by atoms with Crippen LogP contribution in [0.4, 0.5) is 0 Å². The van der Waals surface area contributed by atoms with Crippen LogP contribution in [0, 0.1) is 0 Å². The lowest BCUT2D eigenvalue weighted by atomic mass is 10.2. The standard InChI is InChI=1S/C20H27ClN6O/c1-2-22-20(27-11-8-17(14-27)26-9-3-4-10-26)23-13-18-24-19(25-28-18)15-6-5-7-16(21)12-15/h5-7,12,17H,2-4,8-11,13-14H2,1H3,(H,22,23). The number of rotatable bonds is 5. The molecule has 1 N–H and O–H groups in total. The Morgan fingerprint density at radius 3 is 2.96 bits per heavy atom. The van der Waals surface area contributed by atoms with Gasteiger partial charge in [-0.3, -0.25) is 4.90 Å². The van der Waals surface area contributed by atoms with E-state index in [2.05, 4.69) is 32.2 Å². The van der Waals surface area contributed by atoms with Gasteiger partial charge in [0.2, 0.25) is 11.7 Å². The van der Waals surface area contributed by atoms with Gasteiger partial charge in [0.1, 0.15) is 6.54 Å². The minimum absolute atomic E-state index is 0.362. The molecule has 2 saturated heterocycles. The Kier molecular flexibility index (Phi) is 6.12. The highest BCUT2D eigenvalue weighted by molar-refractivity contribution is 6.30. The van der Waals surface area contributed by atoms with Crippen LogP contribution in [0.25, 0.3) is 11.4 Å². The van der Waals surface area contributed by atoms with E-state index in [0.29, 0.717) is 29.3 Å². The second kappa shape index (κ2) is 8.92. The van der Waals surface area contributed by atoms with Crippen molar-refractivity contribution in [2.75, 3.05) is 32.7 Å². The number of hydrogen-bond donors (Lipinski definition) is 1. The zero-order valence-electron chi connectivity index (χ0n) is 16.3. The molecule has 0 radical (unpaired) electrons. The largest absolute Gasteiger partial charge is 0.357 e. The SMILES string of the molecule is CCNC(=NCc1nc(-c2cccc(Cl)c2)no1)N1CCC(N2CCCC2)C1. The zero-order chi connectivity index (χ0) is 19.3. The Morgan fingerprint density at radius 1 is 1.32 bits per heavy atom. The topological polar surface area (TPSA) is 69.8 Å². The zero-order valence-corrected chi connectivity index (χ0v) is 17.0. The molecule has 3 heterocycles. The lowest BCUT2D eigenvalue weighted by Gasteiger charge is -2.25. The van der Waals surface area contributed by atoms with E-state index in [1.165, 1.54) is 32.4 Å². The Hall–Kier alpha value is -2.12. The number of nitrogens with zero attached hydrogens (tertiary/aromatic N) is 5. The molecule has 2 fully saturated rings. The van der Waals surface area contributed by atoms with Crippen molar-refractivity contribution in [3.05, 3.63) is 35.2 Å². The molecule has 8 heteroatoms. The van der Waals surface area contributed by atoms with Crippen LogP contribution in [0.3, 0.4) is 0 Å². The van der Waals surface area contributed by atoms with Crippen molar-refractivity contribution in [3.8, 4) is 11.4 Å². The van der Waals surface area contributed by atoms with Crippen molar-refractivity contribution in [1.82, 2.24) is 25.3 Å². The van der Waals surface area contributed by atoms with Crippen molar-refractivity contribution in [3.63, 3.8) is 0 Å². The first-order valence-electron chi connectivity index (χ1n) is 10.1. The summed E-state index contributed by atoms with van der Waals surface area (Å²) in [6, 6.07) is 8.08. The lowest BCUT2D eigenvalue weighted by Crippen LogP contribution is -2.42. The normalized spacial score (nSPS) is 20.9. The highest BCUT2D eigenvalue weighted by Crippen LogP contribution is 2.22. The van der Waals surface area contributed by atoms with E-state index in [4.69, 9.17) is 21.1 Å². The lowest BCUT2D eigenvalue weighted by molar-refractivity contribution is 0.249. The molecule has 0 aliphatic carbocycles. The molecule has 0 saturated carbocycles. The maximum Gasteiger partial charge on any atom is 0.248 e. The van der Waals surface area contributed by atoms with E-state index in [0.717, 1.165) is 31.2 Å². The Labute approximate surface area is 170 Å². The van der Waals surface area contributed by atoms with Crippen LogP contribution >= 0.6 is 11.6 Å². The summed E-state index contributed by atoms with van der Waals surface area (Å²) in [6.45, 7) is 7.82. The number of guanidine groups is 1. The van der Waals surface area contributed by atoms with Crippen molar-refractivity contribution in [2.45, 2.75) is 38.8 Å². The van der Waals surface area contributed by atoms with E-state index >= 15 is 0 Å². The highest BCUT2D eigenvalue weighted by Gasteiger charge is 2.30. The molecular weight excluding hydrogens is 376 g/mol. The summed E-state index contributed by atoms with van der Waals surface area (Å²) >= 11 is 6.05. The minimum atomic E-state index is 0.362. The first-order valence-corrected chi connectivity index (χ1v) is 10.5. The van der Waals surface area contributed by atoms with Crippen LogP contribution in [0.5, 0.6) is 0 Å². The molecule has 2 aromatic rings. The molecule has 150 valence electrons. The maximum atomic E-state index is 6.05. The summed E-state index contributed by atoms with van der Waals surface area (Å²) in [5, 5.41) is 8.11. The molecule has 1 aromatic carbocycles. The number of hydrogen-bond acceptors (Lipinski definition) is 5. The first kappa shape index (κ1) is 19.2. The molecule has 2 aliphatic heterocycles. The molecule has 7 nitrogen and oxygen atoms in total. The van der Waals surface area contributed by atoms with Gasteiger partial charge in [-0.2, -0.15) is 4.98 Å². The summed E-state index contributed by atoms with van der Waals surface area (Å²) < 4.78 is 5.39. The summed E-state index contributed by atoms with van der Waals surface area (Å²) in [5.74, 6) is 1.96. The van der Waals surface area contributed by atoms with Gasteiger partial charge in [-0.15, -0.1) is 0 Å². The number of nitrogens with one attached hydrogen (secondary N) is 1. The molecule has 4 rings (SSSR count). The molecule has 28 heavy (non-hydrogen) atoms. The van der Waals surface area contributed by atoms with E-state index < -0.39 is 0 Å². The van der Waals surface area contributed by atoms with Crippen molar-refractivity contribution < 1.29 is 4.52 Å².